The minimum absolute atomic E-state index is 0.140. The second kappa shape index (κ2) is 9.83. The highest BCUT2D eigenvalue weighted by atomic mass is 32.1. The molecule has 0 saturated carbocycles. The van der Waals surface area contributed by atoms with Gasteiger partial charge in [0.2, 0.25) is 5.91 Å². The third-order valence-electron chi connectivity index (χ3n) is 3.67. The number of carboxylic acids is 1. The Morgan fingerprint density at radius 1 is 1.32 bits per heavy atom. The molecule has 0 spiro atoms. The lowest BCUT2D eigenvalue weighted by Crippen LogP contribution is -2.46. The number of carboxylic acid groups (broad SMARTS) is 1. The summed E-state index contributed by atoms with van der Waals surface area (Å²) >= 11 is 5.20. The molecule has 1 aromatic carbocycles. The molecule has 0 aliphatic heterocycles. The van der Waals surface area contributed by atoms with Crippen molar-refractivity contribution in [2.45, 2.75) is 26.3 Å². The van der Waals surface area contributed by atoms with Crippen LogP contribution in [0, 0.1) is 5.92 Å². The summed E-state index contributed by atoms with van der Waals surface area (Å²) in [7, 11) is 3.08. The van der Waals surface area contributed by atoms with Crippen molar-refractivity contribution in [1.29, 1.82) is 0 Å². The molecule has 1 rings (SSSR count). The van der Waals surface area contributed by atoms with Gasteiger partial charge in [0.25, 0.3) is 0 Å². The molecule has 1 atom stereocenters. The number of thiocarbonyl (C=S) groups is 1. The number of para-hydroxylation sites is 2. The lowest BCUT2D eigenvalue weighted by Gasteiger charge is -2.27. The normalized spacial score (nSPS) is 11.6. The van der Waals surface area contributed by atoms with E-state index in [1.807, 2.05) is 18.2 Å². The van der Waals surface area contributed by atoms with E-state index >= 15 is 0 Å². The van der Waals surface area contributed by atoms with Crippen LogP contribution >= 0.6 is 12.2 Å². The van der Waals surface area contributed by atoms with E-state index in [1.165, 1.54) is 11.9 Å². The number of hydrogen-bond acceptors (Lipinski definition) is 4. The van der Waals surface area contributed by atoms with Crippen molar-refractivity contribution in [3.63, 3.8) is 0 Å². The SMILES string of the molecule is COc1ccccc1NC(=S)NCCC(=O)N(C)[C@H](C(=O)O)C(C)C. The molecular weight excluding hydrogens is 342 g/mol. The lowest BCUT2D eigenvalue weighted by molar-refractivity contribution is -0.150. The van der Waals surface area contributed by atoms with Crippen LogP contribution in [0.4, 0.5) is 5.69 Å². The Morgan fingerprint density at radius 3 is 2.52 bits per heavy atom. The van der Waals surface area contributed by atoms with Crippen LogP contribution in [0.5, 0.6) is 5.75 Å². The van der Waals surface area contributed by atoms with E-state index in [9.17, 15) is 14.7 Å². The zero-order chi connectivity index (χ0) is 19.0. The predicted molar refractivity (Wildman–Crippen MR) is 101 cm³/mol. The standard InChI is InChI=1S/C17H25N3O4S/c1-11(2)15(16(22)23)20(3)14(21)9-10-18-17(25)19-12-7-5-6-8-13(12)24-4/h5-8,11,15H,9-10H2,1-4H3,(H,22,23)(H2,18,19,25)/t15-/m0/s1. The third kappa shape index (κ3) is 6.22. The molecule has 0 unspecified atom stereocenters. The Kier molecular flexibility index (Phi) is 8.13. The van der Waals surface area contributed by atoms with Gasteiger partial charge in [-0.1, -0.05) is 26.0 Å². The predicted octanol–water partition coefficient (Wildman–Crippen LogP) is 1.94. The number of benzene rings is 1. The van der Waals surface area contributed by atoms with Gasteiger partial charge in [0.05, 0.1) is 12.8 Å². The summed E-state index contributed by atoms with van der Waals surface area (Å²) in [4.78, 5) is 24.7. The molecule has 0 aromatic heterocycles. The largest absolute Gasteiger partial charge is 0.495 e. The lowest BCUT2D eigenvalue weighted by atomic mass is 10.0. The van der Waals surface area contributed by atoms with E-state index in [0.717, 1.165) is 5.69 Å². The maximum absolute atomic E-state index is 12.2. The van der Waals surface area contributed by atoms with E-state index in [2.05, 4.69) is 10.6 Å². The highest BCUT2D eigenvalue weighted by molar-refractivity contribution is 7.80. The van der Waals surface area contributed by atoms with Crippen LogP contribution in [0.2, 0.25) is 0 Å². The molecule has 0 saturated heterocycles. The molecule has 1 aromatic rings. The summed E-state index contributed by atoms with van der Waals surface area (Å²) in [5.41, 5.74) is 0.719. The van der Waals surface area contributed by atoms with Crippen molar-refractivity contribution >= 4 is 34.9 Å². The Bertz CT molecular complexity index is 622. The maximum Gasteiger partial charge on any atom is 0.326 e. The molecule has 3 N–H and O–H groups in total. The van der Waals surface area contributed by atoms with Crippen molar-refractivity contribution in [3.05, 3.63) is 24.3 Å². The van der Waals surface area contributed by atoms with E-state index in [4.69, 9.17) is 17.0 Å². The van der Waals surface area contributed by atoms with Crippen molar-refractivity contribution in [1.82, 2.24) is 10.2 Å². The smallest absolute Gasteiger partial charge is 0.326 e. The number of likely N-dealkylation sites (N-methyl/N-ethyl adjacent to an activating group) is 1. The second-order valence-corrected chi connectivity index (χ2v) is 6.27. The van der Waals surface area contributed by atoms with Crippen LogP contribution in [-0.2, 0) is 9.59 Å². The molecule has 8 heteroatoms. The Labute approximate surface area is 153 Å². The molecular formula is C17H25N3O4S. The number of carbonyl (C=O) groups is 2. The average Bonchev–Trinajstić information content (AvgIpc) is 2.54. The number of aliphatic carboxylic acids is 1. The fourth-order valence-corrected chi connectivity index (χ4v) is 2.64. The molecule has 0 aliphatic carbocycles. The van der Waals surface area contributed by atoms with Crippen LogP contribution in [0.15, 0.2) is 24.3 Å². The van der Waals surface area contributed by atoms with Crippen molar-refractivity contribution in [3.8, 4) is 5.75 Å². The first-order chi connectivity index (χ1) is 11.8. The van der Waals surface area contributed by atoms with E-state index < -0.39 is 12.0 Å². The highest BCUT2D eigenvalue weighted by Crippen LogP contribution is 2.22. The first kappa shape index (κ1) is 20.7. The number of anilines is 1. The minimum Gasteiger partial charge on any atom is -0.495 e. The Hall–Kier alpha value is -2.35. The number of carbonyl (C=O) groups excluding carboxylic acids is 1. The molecule has 0 bridgehead atoms. The summed E-state index contributed by atoms with van der Waals surface area (Å²) in [6, 6.07) is 6.49. The number of methoxy groups -OCH3 is 1. The second-order valence-electron chi connectivity index (χ2n) is 5.86. The number of rotatable bonds is 8. The van der Waals surface area contributed by atoms with Gasteiger partial charge in [0.15, 0.2) is 5.11 Å². The van der Waals surface area contributed by atoms with Crippen LogP contribution in [0.3, 0.4) is 0 Å². The fraction of sp³-hybridized carbons (Fsp3) is 0.471. The number of hydrogen-bond donors (Lipinski definition) is 3. The summed E-state index contributed by atoms with van der Waals surface area (Å²) in [6.45, 7) is 3.84. The minimum atomic E-state index is -1.01. The van der Waals surface area contributed by atoms with Gasteiger partial charge < -0.3 is 25.4 Å². The summed E-state index contributed by atoms with van der Waals surface area (Å²) in [5, 5.41) is 15.5. The summed E-state index contributed by atoms with van der Waals surface area (Å²) < 4.78 is 5.23. The molecule has 0 radical (unpaired) electrons. The van der Waals surface area contributed by atoms with E-state index in [1.54, 1.807) is 27.0 Å². The van der Waals surface area contributed by atoms with Crippen molar-refractivity contribution in [2.24, 2.45) is 5.92 Å². The molecule has 0 aliphatic rings. The number of ether oxygens (including phenoxy) is 1. The first-order valence-corrected chi connectivity index (χ1v) is 8.35. The number of nitrogens with zero attached hydrogens (tertiary/aromatic N) is 1. The van der Waals surface area contributed by atoms with Gasteiger partial charge in [-0.2, -0.15) is 0 Å². The molecule has 0 heterocycles. The molecule has 0 fully saturated rings. The average molecular weight is 367 g/mol. The topological polar surface area (TPSA) is 90.9 Å². The maximum atomic E-state index is 12.2. The highest BCUT2D eigenvalue weighted by Gasteiger charge is 2.29. The van der Waals surface area contributed by atoms with Crippen molar-refractivity contribution < 1.29 is 19.4 Å². The summed E-state index contributed by atoms with van der Waals surface area (Å²) in [5.74, 6) is -0.780. The third-order valence-corrected chi connectivity index (χ3v) is 3.92. The summed E-state index contributed by atoms with van der Waals surface area (Å²) in [6.07, 6.45) is 0.140. The fourth-order valence-electron chi connectivity index (χ4n) is 2.43. The monoisotopic (exact) mass is 367 g/mol. The van der Waals surface area contributed by atoms with E-state index in [0.29, 0.717) is 17.4 Å². The first-order valence-electron chi connectivity index (χ1n) is 7.94. The number of nitrogens with one attached hydrogen (secondary N) is 2. The van der Waals surface area contributed by atoms with Crippen LogP contribution < -0.4 is 15.4 Å². The van der Waals surface area contributed by atoms with Crippen LogP contribution in [-0.4, -0.2) is 53.7 Å². The van der Waals surface area contributed by atoms with Crippen LogP contribution in [0.25, 0.3) is 0 Å². The van der Waals surface area contributed by atoms with Gasteiger partial charge in [-0.05, 0) is 30.3 Å². The van der Waals surface area contributed by atoms with E-state index in [-0.39, 0.29) is 18.2 Å². The van der Waals surface area contributed by atoms with Gasteiger partial charge in [0, 0.05) is 20.0 Å². The van der Waals surface area contributed by atoms with Gasteiger partial charge >= 0.3 is 5.97 Å². The quantitative estimate of drug-likeness (QED) is 0.605. The van der Waals surface area contributed by atoms with Crippen LogP contribution in [0.1, 0.15) is 20.3 Å². The number of amides is 1. The van der Waals surface area contributed by atoms with Gasteiger partial charge in [0.1, 0.15) is 11.8 Å². The Morgan fingerprint density at radius 2 is 1.96 bits per heavy atom. The molecule has 7 nitrogen and oxygen atoms in total. The zero-order valence-electron chi connectivity index (χ0n) is 14.9. The van der Waals surface area contributed by atoms with Gasteiger partial charge in [-0.15, -0.1) is 0 Å². The Balaban J connectivity index is 2.49. The zero-order valence-corrected chi connectivity index (χ0v) is 15.7. The van der Waals surface area contributed by atoms with Gasteiger partial charge in [-0.3, -0.25) is 4.79 Å². The van der Waals surface area contributed by atoms with Crippen molar-refractivity contribution in [2.75, 3.05) is 26.0 Å². The molecule has 138 valence electrons. The van der Waals surface area contributed by atoms with Gasteiger partial charge in [-0.25, -0.2) is 4.79 Å². The molecule has 1 amide bonds. The molecule has 25 heavy (non-hydrogen) atoms.